The van der Waals surface area contributed by atoms with Crippen molar-refractivity contribution in [3.8, 4) is 11.5 Å². The molecule has 2 aromatic rings. The lowest BCUT2D eigenvalue weighted by molar-refractivity contribution is -0.113. The Bertz CT molecular complexity index is 949. The number of hydrogen-bond donors (Lipinski definition) is 1. The highest BCUT2D eigenvalue weighted by molar-refractivity contribution is 8.00. The lowest BCUT2D eigenvalue weighted by atomic mass is 10.3. The summed E-state index contributed by atoms with van der Waals surface area (Å²) in [5.41, 5.74) is 0.317. The molecule has 1 amide bonds. The van der Waals surface area contributed by atoms with Gasteiger partial charge in [0.1, 0.15) is 0 Å². The molecule has 0 radical (unpaired) electrons. The zero-order valence-electron chi connectivity index (χ0n) is 14.6. The number of carbonyl (C=O) groups excluding carboxylic acids is 1. The van der Waals surface area contributed by atoms with Crippen molar-refractivity contribution in [3.63, 3.8) is 0 Å². The second-order valence-electron chi connectivity index (χ2n) is 5.83. The highest BCUT2D eigenvalue weighted by Gasteiger charge is 2.26. The Labute approximate surface area is 165 Å². The minimum absolute atomic E-state index is 0.108. The first kappa shape index (κ1) is 20.4. The van der Waals surface area contributed by atoms with E-state index < -0.39 is 20.5 Å². The van der Waals surface area contributed by atoms with Crippen LogP contribution in [-0.2, 0) is 14.6 Å². The molecule has 1 aliphatic rings. The van der Waals surface area contributed by atoms with E-state index in [2.05, 4.69) is 5.32 Å². The first-order valence-electron chi connectivity index (χ1n) is 8.31. The number of sulfone groups is 1. The zero-order valence-corrected chi connectivity index (χ0v) is 16.2. The Hall–Kier alpha value is -2.33. The molecule has 3 rings (SSSR count). The number of fused-ring (bicyclic) bond motifs is 1. The number of ether oxygens (including phenoxy) is 2. The fraction of sp³-hybridized carbons (Fsp3) is 0.278. The van der Waals surface area contributed by atoms with Crippen LogP contribution in [0, 0.1) is 0 Å². The normalized spacial score (nSPS) is 13.8. The maximum atomic E-state index is 12.5. The third-order valence-corrected chi connectivity index (χ3v) is 6.18. The van der Waals surface area contributed by atoms with E-state index in [0.717, 1.165) is 23.4 Å². The number of hydrogen-bond acceptors (Lipinski definition) is 6. The molecule has 2 aromatic carbocycles. The average molecular weight is 429 g/mol. The first-order valence-corrected chi connectivity index (χ1v) is 10.8. The van der Waals surface area contributed by atoms with Gasteiger partial charge in [0.05, 0.1) is 23.9 Å². The van der Waals surface area contributed by atoms with Gasteiger partial charge in [-0.25, -0.2) is 8.42 Å². The molecule has 0 saturated carbocycles. The van der Waals surface area contributed by atoms with Crippen LogP contribution in [0.1, 0.15) is 6.42 Å². The van der Waals surface area contributed by atoms with E-state index in [9.17, 15) is 22.0 Å². The van der Waals surface area contributed by atoms with Gasteiger partial charge in [0, 0.05) is 17.0 Å². The fourth-order valence-electron chi connectivity index (χ4n) is 2.41. The number of halogens is 2. The van der Waals surface area contributed by atoms with E-state index in [0.29, 0.717) is 30.4 Å². The summed E-state index contributed by atoms with van der Waals surface area (Å²) in [5, 5.41) is 2.59. The molecule has 0 saturated heterocycles. The first-order chi connectivity index (χ1) is 13.4. The number of anilines is 1. The van der Waals surface area contributed by atoms with Crippen molar-refractivity contribution in [2.75, 3.05) is 24.3 Å². The number of alkyl halides is 2. The van der Waals surface area contributed by atoms with Gasteiger partial charge >= 0.3 is 5.76 Å². The summed E-state index contributed by atoms with van der Waals surface area (Å²) in [7, 11) is -4.65. The van der Waals surface area contributed by atoms with Crippen molar-refractivity contribution < 1.29 is 31.5 Å². The summed E-state index contributed by atoms with van der Waals surface area (Å²) < 4.78 is 59.0. The summed E-state index contributed by atoms with van der Waals surface area (Å²) >= 11 is 1.30. The fourth-order valence-corrected chi connectivity index (χ4v) is 3.86. The molecule has 28 heavy (non-hydrogen) atoms. The lowest BCUT2D eigenvalue weighted by Crippen LogP contribution is -2.14. The van der Waals surface area contributed by atoms with Gasteiger partial charge < -0.3 is 14.8 Å². The number of benzene rings is 2. The van der Waals surface area contributed by atoms with Crippen molar-refractivity contribution in [1.82, 2.24) is 0 Å². The molecule has 0 bridgehead atoms. The predicted molar refractivity (Wildman–Crippen MR) is 101 cm³/mol. The molecule has 0 atom stereocenters. The van der Waals surface area contributed by atoms with Crippen LogP contribution in [0.15, 0.2) is 52.3 Å². The Kier molecular flexibility index (Phi) is 6.40. The molecular formula is C18H17F2NO5S2. The Morgan fingerprint density at radius 1 is 1.07 bits per heavy atom. The molecule has 0 unspecified atom stereocenters. The van der Waals surface area contributed by atoms with Crippen LogP contribution in [0.2, 0.25) is 0 Å². The smallest absolute Gasteiger partial charge is 0.341 e. The molecule has 150 valence electrons. The van der Waals surface area contributed by atoms with Crippen LogP contribution in [0.5, 0.6) is 11.5 Å². The van der Waals surface area contributed by atoms with E-state index in [1.165, 1.54) is 23.9 Å². The van der Waals surface area contributed by atoms with E-state index in [1.54, 1.807) is 6.07 Å². The lowest BCUT2D eigenvalue weighted by Gasteiger charge is -2.10. The van der Waals surface area contributed by atoms with Gasteiger partial charge in [0.25, 0.3) is 0 Å². The third-order valence-electron chi connectivity index (χ3n) is 3.79. The second kappa shape index (κ2) is 8.78. The van der Waals surface area contributed by atoms with Gasteiger partial charge in [-0.2, -0.15) is 8.78 Å². The molecule has 10 heteroatoms. The van der Waals surface area contributed by atoms with Crippen molar-refractivity contribution >= 4 is 33.2 Å². The van der Waals surface area contributed by atoms with Gasteiger partial charge in [-0.3, -0.25) is 4.79 Å². The van der Waals surface area contributed by atoms with Gasteiger partial charge in [-0.1, -0.05) is 0 Å². The minimum Gasteiger partial charge on any atom is -0.490 e. The van der Waals surface area contributed by atoms with E-state index in [-0.39, 0.29) is 11.7 Å². The Morgan fingerprint density at radius 3 is 2.43 bits per heavy atom. The summed E-state index contributed by atoms with van der Waals surface area (Å²) in [6, 6.07) is 10.0. The molecule has 1 heterocycles. The van der Waals surface area contributed by atoms with Crippen molar-refractivity contribution in [1.29, 1.82) is 0 Å². The number of amides is 1. The predicted octanol–water partition coefficient (Wildman–Crippen LogP) is 3.58. The Balaban J connectivity index is 1.57. The average Bonchev–Trinajstić information content (AvgIpc) is 2.91. The molecule has 1 aliphatic heterocycles. The summed E-state index contributed by atoms with van der Waals surface area (Å²) in [4.78, 5) is 12.4. The minimum atomic E-state index is -4.65. The maximum absolute atomic E-state index is 12.5. The third kappa shape index (κ3) is 4.93. The van der Waals surface area contributed by atoms with Crippen LogP contribution in [0.25, 0.3) is 0 Å². The van der Waals surface area contributed by atoms with E-state index in [1.807, 2.05) is 12.1 Å². The highest BCUT2D eigenvalue weighted by atomic mass is 32.2. The molecule has 0 fully saturated rings. The van der Waals surface area contributed by atoms with Gasteiger partial charge in [0.15, 0.2) is 11.5 Å². The van der Waals surface area contributed by atoms with Crippen LogP contribution >= 0.6 is 11.8 Å². The zero-order chi connectivity index (χ0) is 20.1. The van der Waals surface area contributed by atoms with Gasteiger partial charge in [-0.15, -0.1) is 11.8 Å². The molecule has 1 N–H and O–H groups in total. The van der Waals surface area contributed by atoms with Gasteiger partial charge in [0.2, 0.25) is 15.7 Å². The highest BCUT2D eigenvalue weighted by Crippen LogP contribution is 2.33. The summed E-state index contributed by atoms with van der Waals surface area (Å²) in [6.45, 7) is 1.16. The number of rotatable bonds is 6. The quantitative estimate of drug-likeness (QED) is 0.707. The molecule has 0 spiro atoms. The summed E-state index contributed by atoms with van der Waals surface area (Å²) in [6.07, 6.45) is 0.803. The second-order valence-corrected chi connectivity index (χ2v) is 8.79. The van der Waals surface area contributed by atoms with E-state index >= 15 is 0 Å². The number of carbonyl (C=O) groups is 1. The number of nitrogens with one attached hydrogen (secondary N) is 1. The molecule has 6 nitrogen and oxygen atoms in total. The topological polar surface area (TPSA) is 81.7 Å². The number of thioether (sulfide) groups is 1. The molecule has 0 aliphatic carbocycles. The van der Waals surface area contributed by atoms with Gasteiger partial charge in [-0.05, 0) is 42.5 Å². The van der Waals surface area contributed by atoms with E-state index in [4.69, 9.17) is 9.47 Å². The summed E-state index contributed by atoms with van der Waals surface area (Å²) in [5.74, 6) is -2.39. The largest absolute Gasteiger partial charge is 0.490 e. The van der Waals surface area contributed by atoms with Crippen LogP contribution in [-0.4, -0.2) is 39.0 Å². The van der Waals surface area contributed by atoms with Crippen molar-refractivity contribution in [2.45, 2.75) is 22.0 Å². The Morgan fingerprint density at radius 2 is 1.75 bits per heavy atom. The molecule has 0 aromatic heterocycles. The van der Waals surface area contributed by atoms with Crippen LogP contribution in [0.3, 0.4) is 0 Å². The maximum Gasteiger partial charge on any atom is 0.341 e. The molecular weight excluding hydrogens is 412 g/mol. The van der Waals surface area contributed by atoms with Crippen molar-refractivity contribution in [2.24, 2.45) is 0 Å². The van der Waals surface area contributed by atoms with Crippen molar-refractivity contribution in [3.05, 3.63) is 42.5 Å². The van der Waals surface area contributed by atoms with Crippen LogP contribution in [0.4, 0.5) is 14.5 Å². The standard InChI is InChI=1S/C18H17F2NO5S2/c19-18(20)28(23,24)14-5-2-12(3-6-14)21-17(22)11-27-13-4-7-15-16(10-13)26-9-1-8-25-15/h2-7,10,18H,1,8-9,11H2,(H,21,22). The SMILES string of the molecule is O=C(CSc1ccc2c(c1)OCCCO2)Nc1ccc(S(=O)(=O)C(F)F)cc1. The van der Waals surface area contributed by atoms with Crippen LogP contribution < -0.4 is 14.8 Å². The monoisotopic (exact) mass is 429 g/mol.